The number of quaternary nitrogens is 1. The lowest BCUT2D eigenvalue weighted by Gasteiger charge is -2.31. The van der Waals surface area contributed by atoms with Crippen LogP contribution in [0.2, 0.25) is 0 Å². The molecule has 1 aliphatic rings. The summed E-state index contributed by atoms with van der Waals surface area (Å²) in [6.45, 7) is 8.55. The summed E-state index contributed by atoms with van der Waals surface area (Å²) < 4.78 is 4.97. The second kappa shape index (κ2) is 9.19. The van der Waals surface area contributed by atoms with Crippen LogP contribution in [0.15, 0.2) is 18.2 Å². The summed E-state index contributed by atoms with van der Waals surface area (Å²) >= 11 is 0. The van der Waals surface area contributed by atoms with Crippen LogP contribution in [-0.2, 0) is 9.53 Å². The molecule has 1 aromatic rings. The molecular weight excluding hydrogens is 336 g/mol. The minimum absolute atomic E-state index is 0.191. The number of aryl methyl sites for hydroxylation is 2. The number of ether oxygens (including phenoxy) is 1. The van der Waals surface area contributed by atoms with Crippen molar-refractivity contribution in [3.05, 3.63) is 29.3 Å². The van der Waals surface area contributed by atoms with Gasteiger partial charge in [0.1, 0.15) is 0 Å². The zero-order valence-corrected chi connectivity index (χ0v) is 15.6. The van der Waals surface area contributed by atoms with Crippen molar-refractivity contribution in [2.45, 2.75) is 20.8 Å². The molecule has 0 aromatic heterocycles. The first-order chi connectivity index (χ1) is 12.4. The highest BCUT2D eigenvalue weighted by Gasteiger charge is 2.26. The molecule has 0 spiro atoms. The van der Waals surface area contributed by atoms with E-state index in [1.807, 2.05) is 32.0 Å². The molecule has 0 saturated carbocycles. The summed E-state index contributed by atoms with van der Waals surface area (Å²) in [5.74, 6) is -0.341. The largest absolute Gasteiger partial charge is 0.450 e. The maximum Gasteiger partial charge on any atom is 0.410 e. The molecule has 4 amide bonds. The van der Waals surface area contributed by atoms with E-state index < -0.39 is 6.03 Å². The van der Waals surface area contributed by atoms with E-state index in [9.17, 15) is 14.4 Å². The molecule has 0 bridgehead atoms. The summed E-state index contributed by atoms with van der Waals surface area (Å²) in [5, 5.41) is 5.05. The van der Waals surface area contributed by atoms with Crippen molar-refractivity contribution < 1.29 is 24.0 Å². The van der Waals surface area contributed by atoms with Crippen molar-refractivity contribution in [2.24, 2.45) is 0 Å². The van der Waals surface area contributed by atoms with Gasteiger partial charge in [0, 0.05) is 5.69 Å². The first kappa shape index (κ1) is 19.7. The van der Waals surface area contributed by atoms with Crippen molar-refractivity contribution in [1.82, 2.24) is 10.2 Å². The van der Waals surface area contributed by atoms with E-state index in [4.69, 9.17) is 4.74 Å². The molecule has 0 atom stereocenters. The highest BCUT2D eigenvalue weighted by atomic mass is 16.6. The highest BCUT2D eigenvalue weighted by molar-refractivity contribution is 6.01. The number of urea groups is 1. The summed E-state index contributed by atoms with van der Waals surface area (Å²) in [5.41, 5.74) is 2.72. The molecule has 1 saturated heterocycles. The number of amides is 4. The van der Waals surface area contributed by atoms with Crippen LogP contribution < -0.4 is 15.5 Å². The maximum atomic E-state index is 12.1. The lowest BCUT2D eigenvalue weighted by atomic mass is 10.1. The molecule has 8 heteroatoms. The van der Waals surface area contributed by atoms with Crippen LogP contribution in [0, 0.1) is 13.8 Å². The summed E-state index contributed by atoms with van der Waals surface area (Å²) in [4.78, 5) is 38.4. The number of carbonyl (C=O) groups excluding carboxylic acids is 3. The molecule has 1 fully saturated rings. The highest BCUT2D eigenvalue weighted by Crippen LogP contribution is 2.15. The lowest BCUT2D eigenvalue weighted by Crippen LogP contribution is -3.15. The predicted octanol–water partition coefficient (Wildman–Crippen LogP) is 0.309. The number of imide groups is 1. The third-order valence-electron chi connectivity index (χ3n) is 4.29. The van der Waals surface area contributed by atoms with E-state index in [0.29, 0.717) is 38.5 Å². The van der Waals surface area contributed by atoms with Gasteiger partial charge < -0.3 is 15.0 Å². The van der Waals surface area contributed by atoms with Gasteiger partial charge in [-0.1, -0.05) is 17.7 Å². The number of benzene rings is 1. The molecule has 26 heavy (non-hydrogen) atoms. The smallest absolute Gasteiger partial charge is 0.410 e. The first-order valence-corrected chi connectivity index (χ1v) is 8.82. The third-order valence-corrected chi connectivity index (χ3v) is 4.29. The molecular formula is C18H27N4O4+. The molecule has 1 aromatic carbocycles. The van der Waals surface area contributed by atoms with Crippen molar-refractivity contribution in [3.63, 3.8) is 0 Å². The Bertz CT molecular complexity index is 669. The number of piperazine rings is 1. The Kier molecular flexibility index (Phi) is 6.97. The quantitative estimate of drug-likeness (QED) is 0.718. The van der Waals surface area contributed by atoms with Gasteiger partial charge in [-0.25, -0.2) is 9.59 Å². The summed E-state index contributed by atoms with van der Waals surface area (Å²) in [6, 6.07) is 5.14. The molecule has 142 valence electrons. The molecule has 8 nitrogen and oxygen atoms in total. The van der Waals surface area contributed by atoms with Gasteiger partial charge in [0.2, 0.25) is 0 Å². The molecule has 3 N–H and O–H groups in total. The Morgan fingerprint density at radius 1 is 1.19 bits per heavy atom. The Morgan fingerprint density at radius 3 is 2.50 bits per heavy atom. The monoisotopic (exact) mass is 363 g/mol. The van der Waals surface area contributed by atoms with Gasteiger partial charge in [0.25, 0.3) is 5.91 Å². The number of carbonyl (C=O) groups is 3. The number of nitrogens with one attached hydrogen (secondary N) is 3. The molecule has 1 aliphatic heterocycles. The molecule has 0 aliphatic carbocycles. The van der Waals surface area contributed by atoms with E-state index in [2.05, 4.69) is 10.6 Å². The Labute approximate surface area is 153 Å². The normalized spacial score (nSPS) is 14.7. The molecule has 0 radical (unpaired) electrons. The van der Waals surface area contributed by atoms with Crippen LogP contribution in [0.5, 0.6) is 0 Å². The average Bonchev–Trinajstić information content (AvgIpc) is 2.58. The van der Waals surface area contributed by atoms with Crippen molar-refractivity contribution in [3.8, 4) is 0 Å². The van der Waals surface area contributed by atoms with E-state index in [-0.39, 0.29) is 18.5 Å². The fraction of sp³-hybridized carbons (Fsp3) is 0.500. The minimum Gasteiger partial charge on any atom is -0.450 e. The maximum absolute atomic E-state index is 12.1. The van der Waals surface area contributed by atoms with Gasteiger partial charge in [-0.05, 0) is 32.4 Å². The standard InChI is InChI=1S/C18H26N4O4/c1-4-26-18(25)22-9-7-21(8-10-22)12-16(23)20-17(24)19-15-6-5-13(2)11-14(15)3/h5-6,11H,4,7-10,12H2,1-3H3,(H2,19,20,23,24)/p+1. The van der Waals surface area contributed by atoms with Crippen molar-refractivity contribution in [2.75, 3.05) is 44.6 Å². The SMILES string of the molecule is CCOC(=O)N1CC[NH+](CC(=O)NC(=O)Nc2ccc(C)cc2C)CC1. The summed E-state index contributed by atoms with van der Waals surface area (Å²) in [7, 11) is 0. The second-order valence-electron chi connectivity index (χ2n) is 6.43. The zero-order chi connectivity index (χ0) is 19.1. The Morgan fingerprint density at radius 2 is 1.88 bits per heavy atom. The van der Waals surface area contributed by atoms with Gasteiger partial charge in [-0.15, -0.1) is 0 Å². The lowest BCUT2D eigenvalue weighted by molar-refractivity contribution is -0.896. The number of anilines is 1. The van der Waals surface area contributed by atoms with Crippen molar-refractivity contribution >= 4 is 23.7 Å². The second-order valence-corrected chi connectivity index (χ2v) is 6.43. The number of nitrogens with zero attached hydrogens (tertiary/aromatic N) is 1. The van der Waals surface area contributed by atoms with Gasteiger partial charge >= 0.3 is 12.1 Å². The van der Waals surface area contributed by atoms with Crippen LogP contribution >= 0.6 is 0 Å². The van der Waals surface area contributed by atoms with E-state index in [0.717, 1.165) is 16.0 Å². The fourth-order valence-electron chi connectivity index (χ4n) is 2.90. The number of hydrogen-bond acceptors (Lipinski definition) is 4. The fourth-order valence-corrected chi connectivity index (χ4v) is 2.90. The van der Waals surface area contributed by atoms with Gasteiger partial charge in [-0.2, -0.15) is 0 Å². The number of hydrogen-bond donors (Lipinski definition) is 3. The van der Waals surface area contributed by atoms with Crippen LogP contribution in [0.1, 0.15) is 18.1 Å². The molecule has 0 unspecified atom stereocenters. The van der Waals surface area contributed by atoms with Gasteiger partial charge in [0.15, 0.2) is 6.54 Å². The average molecular weight is 363 g/mol. The summed E-state index contributed by atoms with van der Waals surface area (Å²) in [6.07, 6.45) is -0.316. The first-order valence-electron chi connectivity index (χ1n) is 8.82. The van der Waals surface area contributed by atoms with Crippen LogP contribution in [0.25, 0.3) is 0 Å². The van der Waals surface area contributed by atoms with Crippen LogP contribution in [0.3, 0.4) is 0 Å². The van der Waals surface area contributed by atoms with E-state index in [1.165, 1.54) is 0 Å². The van der Waals surface area contributed by atoms with Gasteiger partial charge in [-0.3, -0.25) is 15.0 Å². The number of rotatable bonds is 4. The Balaban J connectivity index is 1.75. The van der Waals surface area contributed by atoms with Crippen LogP contribution in [-0.4, -0.2) is 62.3 Å². The Hall–Kier alpha value is -2.61. The van der Waals surface area contributed by atoms with Crippen LogP contribution in [0.4, 0.5) is 15.3 Å². The minimum atomic E-state index is -0.536. The predicted molar refractivity (Wildman–Crippen MR) is 97.2 cm³/mol. The topological polar surface area (TPSA) is 92.2 Å². The zero-order valence-electron chi connectivity index (χ0n) is 15.6. The van der Waals surface area contributed by atoms with Gasteiger partial charge in [0.05, 0.1) is 32.8 Å². The molecule has 1 heterocycles. The van der Waals surface area contributed by atoms with E-state index >= 15 is 0 Å². The molecule has 2 rings (SSSR count). The third kappa shape index (κ3) is 5.73. The van der Waals surface area contributed by atoms with Crippen molar-refractivity contribution in [1.29, 1.82) is 0 Å². The van der Waals surface area contributed by atoms with E-state index in [1.54, 1.807) is 11.8 Å².